The molecular formula is C14H12ClN3O2S. The van der Waals surface area contributed by atoms with Gasteiger partial charge in [-0.05, 0) is 24.3 Å². The smallest absolute Gasteiger partial charge is 0.285 e. The van der Waals surface area contributed by atoms with Gasteiger partial charge in [-0.15, -0.1) is 4.40 Å². The Kier molecular flexibility index (Phi) is 3.35. The van der Waals surface area contributed by atoms with Crippen molar-refractivity contribution in [2.45, 2.75) is 11.4 Å². The van der Waals surface area contributed by atoms with E-state index in [-0.39, 0.29) is 4.90 Å². The summed E-state index contributed by atoms with van der Waals surface area (Å²) in [6.45, 7) is 0.349. The summed E-state index contributed by atoms with van der Waals surface area (Å²) in [7, 11) is -3.62. The van der Waals surface area contributed by atoms with Crippen molar-refractivity contribution in [2.24, 2.45) is 4.40 Å². The predicted octanol–water partition coefficient (Wildman–Crippen LogP) is 2.66. The number of hydrogen-bond acceptors (Lipinski definition) is 4. The zero-order valence-corrected chi connectivity index (χ0v) is 12.5. The normalized spacial score (nSPS) is 15.8. The molecule has 1 aliphatic rings. The number of halogens is 1. The van der Waals surface area contributed by atoms with Crippen LogP contribution in [0.15, 0.2) is 51.8 Å². The fourth-order valence-corrected chi connectivity index (χ4v) is 3.48. The number of benzene rings is 2. The molecule has 108 valence electrons. The van der Waals surface area contributed by atoms with Crippen LogP contribution in [0.5, 0.6) is 0 Å². The third kappa shape index (κ3) is 2.48. The first-order valence-electron chi connectivity index (χ1n) is 6.18. The van der Waals surface area contributed by atoms with E-state index in [4.69, 9.17) is 17.3 Å². The first kappa shape index (κ1) is 13.9. The summed E-state index contributed by atoms with van der Waals surface area (Å²) in [6, 6.07) is 12.0. The standard InChI is InChI=1S/C14H12ClN3O2S/c15-11-4-3-5-12(16)10(11)8-18-9-17-21(19,20)14-7-2-1-6-13(14)18/h1-7,9H,8,16H2. The first-order chi connectivity index (χ1) is 9.99. The molecule has 0 bridgehead atoms. The molecule has 0 atom stereocenters. The van der Waals surface area contributed by atoms with E-state index in [1.54, 1.807) is 41.3 Å². The topological polar surface area (TPSA) is 75.8 Å². The van der Waals surface area contributed by atoms with E-state index in [0.29, 0.717) is 22.9 Å². The van der Waals surface area contributed by atoms with Crippen LogP contribution in [0, 0.1) is 0 Å². The molecule has 7 heteroatoms. The Balaban J connectivity index is 2.06. The molecule has 0 amide bonds. The van der Waals surface area contributed by atoms with Crippen molar-refractivity contribution >= 4 is 39.3 Å². The number of nitrogen functional groups attached to an aromatic ring is 1. The molecule has 0 saturated heterocycles. The zero-order chi connectivity index (χ0) is 15.0. The van der Waals surface area contributed by atoms with Gasteiger partial charge < -0.3 is 10.6 Å². The summed E-state index contributed by atoms with van der Waals surface area (Å²) < 4.78 is 27.5. The van der Waals surface area contributed by atoms with Crippen LogP contribution in [-0.4, -0.2) is 14.8 Å². The molecule has 1 heterocycles. The molecule has 0 radical (unpaired) electrons. The maximum absolute atomic E-state index is 11.9. The fourth-order valence-electron chi connectivity index (χ4n) is 2.19. The van der Waals surface area contributed by atoms with Gasteiger partial charge in [0, 0.05) is 16.3 Å². The second-order valence-electron chi connectivity index (χ2n) is 4.60. The van der Waals surface area contributed by atoms with E-state index in [0.717, 1.165) is 5.56 Å². The summed E-state index contributed by atoms with van der Waals surface area (Å²) >= 11 is 6.16. The highest BCUT2D eigenvalue weighted by atomic mass is 35.5. The van der Waals surface area contributed by atoms with Crippen LogP contribution in [0.4, 0.5) is 11.4 Å². The van der Waals surface area contributed by atoms with Gasteiger partial charge in [-0.25, -0.2) is 0 Å². The summed E-state index contributed by atoms with van der Waals surface area (Å²) in [4.78, 5) is 1.90. The van der Waals surface area contributed by atoms with Gasteiger partial charge in [0.25, 0.3) is 10.0 Å². The SMILES string of the molecule is Nc1cccc(Cl)c1CN1C=NS(=O)(=O)c2ccccc21. The Morgan fingerprint density at radius 3 is 2.67 bits per heavy atom. The highest BCUT2D eigenvalue weighted by Gasteiger charge is 2.25. The second-order valence-corrected chi connectivity index (χ2v) is 6.61. The third-order valence-electron chi connectivity index (χ3n) is 3.26. The summed E-state index contributed by atoms with van der Waals surface area (Å²) in [5.74, 6) is 0. The lowest BCUT2D eigenvalue weighted by atomic mass is 10.1. The summed E-state index contributed by atoms with van der Waals surface area (Å²) in [5, 5.41) is 0.536. The van der Waals surface area contributed by atoms with Crippen LogP contribution in [0.2, 0.25) is 5.02 Å². The number of sulfonamides is 1. The van der Waals surface area contributed by atoms with E-state index >= 15 is 0 Å². The number of hydrogen-bond donors (Lipinski definition) is 1. The zero-order valence-electron chi connectivity index (χ0n) is 10.9. The molecule has 21 heavy (non-hydrogen) atoms. The van der Waals surface area contributed by atoms with Crippen LogP contribution in [-0.2, 0) is 16.6 Å². The van der Waals surface area contributed by atoms with Gasteiger partial charge in [-0.1, -0.05) is 29.8 Å². The van der Waals surface area contributed by atoms with Gasteiger partial charge in [-0.2, -0.15) is 8.42 Å². The van der Waals surface area contributed by atoms with Crippen LogP contribution >= 0.6 is 11.6 Å². The van der Waals surface area contributed by atoms with E-state index in [2.05, 4.69) is 4.40 Å². The first-order valence-corrected chi connectivity index (χ1v) is 8.00. The molecule has 0 aromatic heterocycles. The number of anilines is 2. The lowest BCUT2D eigenvalue weighted by molar-refractivity contribution is 0.597. The highest BCUT2D eigenvalue weighted by molar-refractivity contribution is 7.90. The molecule has 2 N–H and O–H groups in total. The lowest BCUT2D eigenvalue weighted by Gasteiger charge is -2.25. The molecule has 2 aromatic rings. The Bertz CT molecular complexity index is 814. The molecule has 1 aliphatic heterocycles. The maximum atomic E-state index is 11.9. The largest absolute Gasteiger partial charge is 0.398 e. The fraction of sp³-hybridized carbons (Fsp3) is 0.0714. The van der Waals surface area contributed by atoms with Crippen molar-refractivity contribution in [1.29, 1.82) is 0 Å². The molecule has 2 aromatic carbocycles. The third-order valence-corrected chi connectivity index (χ3v) is 4.89. The van der Waals surface area contributed by atoms with Crippen molar-refractivity contribution in [3.63, 3.8) is 0 Å². The lowest BCUT2D eigenvalue weighted by Crippen LogP contribution is -2.27. The summed E-state index contributed by atoms with van der Waals surface area (Å²) in [5.41, 5.74) is 7.79. The number of para-hydroxylation sites is 1. The van der Waals surface area contributed by atoms with Crippen molar-refractivity contribution in [3.8, 4) is 0 Å². The van der Waals surface area contributed by atoms with Gasteiger partial charge in [-0.3, -0.25) is 0 Å². The van der Waals surface area contributed by atoms with Crippen molar-refractivity contribution in [3.05, 3.63) is 53.1 Å². The number of nitrogens with two attached hydrogens (primary N) is 1. The van der Waals surface area contributed by atoms with E-state index in [1.807, 2.05) is 0 Å². The van der Waals surface area contributed by atoms with Crippen molar-refractivity contribution < 1.29 is 8.42 Å². The molecule has 0 aliphatic carbocycles. The Morgan fingerprint density at radius 1 is 1.14 bits per heavy atom. The average molecular weight is 322 g/mol. The molecule has 0 fully saturated rings. The van der Waals surface area contributed by atoms with Gasteiger partial charge in [0.05, 0.1) is 12.2 Å². The highest BCUT2D eigenvalue weighted by Crippen LogP contribution is 2.32. The minimum absolute atomic E-state index is 0.179. The molecule has 0 unspecified atom stereocenters. The molecular weight excluding hydrogens is 310 g/mol. The maximum Gasteiger partial charge on any atom is 0.285 e. The minimum Gasteiger partial charge on any atom is -0.398 e. The van der Waals surface area contributed by atoms with Gasteiger partial charge in [0.1, 0.15) is 11.2 Å². The van der Waals surface area contributed by atoms with Crippen LogP contribution in [0.3, 0.4) is 0 Å². The van der Waals surface area contributed by atoms with E-state index < -0.39 is 10.0 Å². The van der Waals surface area contributed by atoms with Gasteiger partial charge in [0.15, 0.2) is 0 Å². The predicted molar refractivity (Wildman–Crippen MR) is 84.2 cm³/mol. The molecule has 0 saturated carbocycles. The van der Waals surface area contributed by atoms with E-state index in [9.17, 15) is 8.42 Å². The van der Waals surface area contributed by atoms with Crippen LogP contribution in [0.1, 0.15) is 5.56 Å². The van der Waals surface area contributed by atoms with E-state index in [1.165, 1.54) is 12.4 Å². The minimum atomic E-state index is -3.62. The Labute approximate surface area is 127 Å². The second kappa shape index (κ2) is 5.05. The van der Waals surface area contributed by atoms with Crippen molar-refractivity contribution in [1.82, 2.24) is 0 Å². The quantitative estimate of drug-likeness (QED) is 0.863. The molecule has 3 rings (SSSR count). The number of rotatable bonds is 2. The monoisotopic (exact) mass is 321 g/mol. The molecule has 0 spiro atoms. The molecule has 5 nitrogen and oxygen atoms in total. The van der Waals surface area contributed by atoms with Gasteiger partial charge in [0.2, 0.25) is 0 Å². The van der Waals surface area contributed by atoms with Crippen LogP contribution in [0.25, 0.3) is 0 Å². The van der Waals surface area contributed by atoms with Gasteiger partial charge >= 0.3 is 0 Å². The Hall–Kier alpha value is -2.05. The number of nitrogens with zero attached hydrogens (tertiary/aromatic N) is 2. The van der Waals surface area contributed by atoms with Crippen molar-refractivity contribution in [2.75, 3.05) is 10.6 Å². The average Bonchev–Trinajstić information content (AvgIpc) is 2.45. The number of fused-ring (bicyclic) bond motifs is 1. The van der Waals surface area contributed by atoms with Crippen LogP contribution < -0.4 is 10.6 Å². The Morgan fingerprint density at radius 2 is 1.90 bits per heavy atom. The summed E-state index contributed by atoms with van der Waals surface area (Å²) in [6.07, 6.45) is 1.29.